The molecule has 0 unspecified atom stereocenters. The Hall–Kier alpha value is -2.07. The molecule has 1 aromatic rings. The zero-order valence-corrected chi connectivity index (χ0v) is 14.3. The van der Waals surface area contributed by atoms with Crippen LogP contribution in [-0.4, -0.2) is 50.1 Å². The molecule has 1 aliphatic rings. The molecule has 1 fully saturated rings. The Labute approximate surface area is 147 Å². The SMILES string of the molecule is N#C/C(=C/NCc1ccc(Cl)cc1)C(=O)NCCN1CCNCC1. The van der Waals surface area contributed by atoms with Crippen molar-refractivity contribution in [1.82, 2.24) is 20.9 Å². The molecular formula is C17H22ClN5O. The van der Waals surface area contributed by atoms with Gasteiger partial charge in [-0.05, 0) is 17.7 Å². The monoisotopic (exact) mass is 347 g/mol. The predicted octanol–water partition coefficient (Wildman–Crippen LogP) is 0.858. The van der Waals surface area contributed by atoms with Crippen LogP contribution in [0.2, 0.25) is 5.02 Å². The number of nitriles is 1. The third kappa shape index (κ3) is 6.20. The lowest BCUT2D eigenvalue weighted by molar-refractivity contribution is -0.117. The first kappa shape index (κ1) is 18.3. The lowest BCUT2D eigenvalue weighted by atomic mass is 10.2. The van der Waals surface area contributed by atoms with Gasteiger partial charge >= 0.3 is 0 Å². The van der Waals surface area contributed by atoms with Crippen LogP contribution in [0.3, 0.4) is 0 Å². The molecule has 1 saturated heterocycles. The van der Waals surface area contributed by atoms with Crippen LogP contribution in [0.4, 0.5) is 0 Å². The van der Waals surface area contributed by atoms with E-state index in [9.17, 15) is 4.79 Å². The summed E-state index contributed by atoms with van der Waals surface area (Å²) in [6.45, 7) is 5.78. The Morgan fingerprint density at radius 2 is 2.04 bits per heavy atom. The van der Waals surface area contributed by atoms with Gasteiger partial charge in [0.25, 0.3) is 5.91 Å². The lowest BCUT2D eigenvalue weighted by Crippen LogP contribution is -2.46. The number of hydrogen-bond donors (Lipinski definition) is 3. The molecule has 0 radical (unpaired) electrons. The van der Waals surface area contributed by atoms with Crippen LogP contribution in [0, 0.1) is 11.3 Å². The summed E-state index contributed by atoms with van der Waals surface area (Å²) in [5.74, 6) is -0.351. The minimum atomic E-state index is -0.351. The number of nitrogens with one attached hydrogen (secondary N) is 3. The zero-order chi connectivity index (χ0) is 17.2. The lowest BCUT2D eigenvalue weighted by Gasteiger charge is -2.27. The molecule has 2 rings (SSSR count). The molecule has 128 valence electrons. The number of amides is 1. The largest absolute Gasteiger partial charge is 0.386 e. The number of nitrogens with zero attached hydrogens (tertiary/aromatic N) is 2. The summed E-state index contributed by atoms with van der Waals surface area (Å²) in [4.78, 5) is 14.3. The van der Waals surface area contributed by atoms with E-state index >= 15 is 0 Å². The molecule has 24 heavy (non-hydrogen) atoms. The minimum Gasteiger partial charge on any atom is -0.386 e. The number of carbonyl (C=O) groups excluding carboxylic acids is 1. The van der Waals surface area contributed by atoms with Gasteiger partial charge in [-0.3, -0.25) is 9.69 Å². The Balaban J connectivity index is 1.73. The molecule has 0 aliphatic carbocycles. The van der Waals surface area contributed by atoms with Gasteiger partial charge in [0.05, 0.1) is 0 Å². The van der Waals surface area contributed by atoms with Crippen LogP contribution in [0.1, 0.15) is 5.56 Å². The Bertz CT molecular complexity index is 602. The van der Waals surface area contributed by atoms with Crippen molar-refractivity contribution < 1.29 is 4.79 Å². The van der Waals surface area contributed by atoms with E-state index in [2.05, 4.69) is 20.9 Å². The van der Waals surface area contributed by atoms with Gasteiger partial charge in [-0.1, -0.05) is 23.7 Å². The molecule has 6 nitrogen and oxygen atoms in total. The number of hydrogen-bond acceptors (Lipinski definition) is 5. The fraction of sp³-hybridized carbons (Fsp3) is 0.412. The Morgan fingerprint density at radius 3 is 2.71 bits per heavy atom. The van der Waals surface area contributed by atoms with Crippen LogP contribution in [0.25, 0.3) is 0 Å². The van der Waals surface area contributed by atoms with E-state index < -0.39 is 0 Å². The average molecular weight is 348 g/mol. The molecule has 0 bridgehead atoms. The van der Waals surface area contributed by atoms with E-state index in [-0.39, 0.29) is 11.5 Å². The average Bonchev–Trinajstić information content (AvgIpc) is 2.61. The summed E-state index contributed by atoms with van der Waals surface area (Å²) in [6, 6.07) is 9.31. The summed E-state index contributed by atoms with van der Waals surface area (Å²) in [5, 5.41) is 18.9. The Morgan fingerprint density at radius 1 is 1.33 bits per heavy atom. The summed E-state index contributed by atoms with van der Waals surface area (Å²) >= 11 is 5.83. The predicted molar refractivity (Wildman–Crippen MR) is 94.3 cm³/mol. The molecular weight excluding hydrogens is 326 g/mol. The third-order valence-corrected chi connectivity index (χ3v) is 4.01. The molecule has 1 aromatic carbocycles. The number of rotatable bonds is 7. The quantitative estimate of drug-likeness (QED) is 0.503. The first-order valence-electron chi connectivity index (χ1n) is 7.98. The van der Waals surface area contributed by atoms with Gasteiger partial charge in [0.1, 0.15) is 11.6 Å². The van der Waals surface area contributed by atoms with Crippen LogP contribution in [-0.2, 0) is 11.3 Å². The maximum atomic E-state index is 12.0. The van der Waals surface area contributed by atoms with Gasteiger partial charge in [0, 0.05) is 57.0 Å². The molecule has 1 amide bonds. The number of benzene rings is 1. The van der Waals surface area contributed by atoms with E-state index in [4.69, 9.17) is 16.9 Å². The molecule has 1 heterocycles. The first-order chi connectivity index (χ1) is 11.7. The van der Waals surface area contributed by atoms with Crippen molar-refractivity contribution in [3.63, 3.8) is 0 Å². The van der Waals surface area contributed by atoms with Crippen molar-refractivity contribution in [2.75, 3.05) is 39.3 Å². The van der Waals surface area contributed by atoms with E-state index in [1.54, 1.807) is 12.1 Å². The summed E-state index contributed by atoms with van der Waals surface area (Å²) in [6.07, 6.45) is 1.45. The van der Waals surface area contributed by atoms with Crippen molar-refractivity contribution in [2.24, 2.45) is 0 Å². The van der Waals surface area contributed by atoms with Crippen molar-refractivity contribution in [1.29, 1.82) is 5.26 Å². The van der Waals surface area contributed by atoms with Crippen LogP contribution < -0.4 is 16.0 Å². The highest BCUT2D eigenvalue weighted by atomic mass is 35.5. The number of piperazine rings is 1. The van der Waals surface area contributed by atoms with E-state index in [0.717, 1.165) is 38.3 Å². The number of halogens is 1. The van der Waals surface area contributed by atoms with Crippen LogP contribution in [0.5, 0.6) is 0 Å². The van der Waals surface area contributed by atoms with Crippen molar-refractivity contribution >= 4 is 17.5 Å². The topological polar surface area (TPSA) is 80.2 Å². The summed E-state index contributed by atoms with van der Waals surface area (Å²) in [7, 11) is 0. The van der Waals surface area contributed by atoms with Gasteiger partial charge in [-0.25, -0.2) is 0 Å². The smallest absolute Gasteiger partial charge is 0.263 e. The third-order valence-electron chi connectivity index (χ3n) is 3.75. The number of carbonyl (C=O) groups is 1. The van der Waals surface area contributed by atoms with Crippen molar-refractivity contribution in [3.8, 4) is 6.07 Å². The van der Waals surface area contributed by atoms with Gasteiger partial charge < -0.3 is 16.0 Å². The molecule has 0 spiro atoms. The van der Waals surface area contributed by atoms with Gasteiger partial charge in [-0.15, -0.1) is 0 Å². The maximum absolute atomic E-state index is 12.0. The van der Waals surface area contributed by atoms with Crippen molar-refractivity contribution in [2.45, 2.75) is 6.54 Å². The van der Waals surface area contributed by atoms with Gasteiger partial charge in [-0.2, -0.15) is 5.26 Å². The standard InChI is InChI=1S/C17H22ClN5O/c18-16-3-1-14(2-4-16)12-21-13-15(11-19)17(24)22-7-10-23-8-5-20-6-9-23/h1-4,13,20-21H,5-10,12H2,(H,22,24)/b15-13-. The molecule has 0 atom stereocenters. The summed E-state index contributed by atoms with van der Waals surface area (Å²) < 4.78 is 0. The van der Waals surface area contributed by atoms with Gasteiger partial charge in [0.15, 0.2) is 0 Å². The Kier molecular flexibility index (Phi) is 7.56. The van der Waals surface area contributed by atoms with Gasteiger partial charge in [0.2, 0.25) is 0 Å². The second-order valence-corrected chi connectivity index (χ2v) is 5.96. The molecule has 0 saturated carbocycles. The minimum absolute atomic E-state index is 0.0734. The second-order valence-electron chi connectivity index (χ2n) is 5.52. The van der Waals surface area contributed by atoms with E-state index in [1.807, 2.05) is 18.2 Å². The van der Waals surface area contributed by atoms with E-state index in [0.29, 0.717) is 18.1 Å². The molecule has 1 aliphatic heterocycles. The first-order valence-corrected chi connectivity index (χ1v) is 8.36. The highest BCUT2D eigenvalue weighted by molar-refractivity contribution is 6.30. The zero-order valence-electron chi connectivity index (χ0n) is 13.5. The molecule has 3 N–H and O–H groups in total. The molecule has 0 aromatic heterocycles. The fourth-order valence-corrected chi connectivity index (χ4v) is 2.51. The van der Waals surface area contributed by atoms with Crippen LogP contribution in [0.15, 0.2) is 36.0 Å². The molecule has 7 heteroatoms. The normalized spacial score (nSPS) is 15.6. The van der Waals surface area contributed by atoms with Crippen molar-refractivity contribution in [3.05, 3.63) is 46.6 Å². The van der Waals surface area contributed by atoms with Crippen LogP contribution >= 0.6 is 11.6 Å². The highest BCUT2D eigenvalue weighted by Crippen LogP contribution is 2.09. The second kappa shape index (κ2) is 9.93. The highest BCUT2D eigenvalue weighted by Gasteiger charge is 2.11. The maximum Gasteiger partial charge on any atom is 0.263 e. The summed E-state index contributed by atoms with van der Waals surface area (Å²) in [5.41, 5.74) is 1.09. The fourth-order valence-electron chi connectivity index (χ4n) is 2.38. The van der Waals surface area contributed by atoms with E-state index in [1.165, 1.54) is 6.20 Å².